The minimum atomic E-state index is -0.296. The van der Waals surface area contributed by atoms with Gasteiger partial charge in [0, 0.05) is 5.02 Å². The second-order valence-corrected chi connectivity index (χ2v) is 3.61. The van der Waals surface area contributed by atoms with Gasteiger partial charge in [-0.2, -0.15) is 15.8 Å². The summed E-state index contributed by atoms with van der Waals surface area (Å²) in [7, 11) is 0. The van der Waals surface area contributed by atoms with E-state index in [1.165, 1.54) is 6.08 Å². The molecule has 0 amide bonds. The molecular formula is C13H7ClN4. The summed E-state index contributed by atoms with van der Waals surface area (Å²) in [6, 6.07) is 12.0. The second-order valence-electron chi connectivity index (χ2n) is 3.20. The number of nitrogens with two attached hydrogens (primary N) is 1. The van der Waals surface area contributed by atoms with Crippen LogP contribution >= 0.6 is 11.6 Å². The van der Waals surface area contributed by atoms with Crippen molar-refractivity contribution in [2.45, 2.75) is 0 Å². The standard InChI is InChI=1S/C13H7ClN4/c14-12-4-2-1-3-9(12)5-10(6-15)13(18)11(7-16)8-17/h1-5H,18H2/b10-5+. The number of benzene rings is 1. The summed E-state index contributed by atoms with van der Waals surface area (Å²) in [5.41, 5.74) is 5.77. The first kappa shape index (κ1) is 13.3. The van der Waals surface area contributed by atoms with E-state index in [4.69, 9.17) is 33.1 Å². The lowest BCUT2D eigenvalue weighted by Gasteiger charge is -2.01. The Kier molecular flexibility index (Phi) is 4.52. The fourth-order valence-corrected chi connectivity index (χ4v) is 1.39. The van der Waals surface area contributed by atoms with Crippen LogP contribution in [0.15, 0.2) is 41.1 Å². The van der Waals surface area contributed by atoms with E-state index in [9.17, 15) is 0 Å². The van der Waals surface area contributed by atoms with E-state index in [2.05, 4.69) is 0 Å². The molecule has 86 valence electrons. The van der Waals surface area contributed by atoms with Gasteiger partial charge in [-0.3, -0.25) is 0 Å². The lowest BCUT2D eigenvalue weighted by atomic mass is 10.1. The molecule has 5 heteroatoms. The SMILES string of the molecule is N#CC(C#N)=C(N)/C(C#N)=C/c1ccccc1Cl. The van der Waals surface area contributed by atoms with Crippen molar-refractivity contribution in [1.82, 2.24) is 0 Å². The maximum Gasteiger partial charge on any atom is 0.153 e. The molecule has 1 aromatic carbocycles. The zero-order chi connectivity index (χ0) is 13.5. The Morgan fingerprint density at radius 3 is 2.22 bits per heavy atom. The molecule has 1 aromatic rings. The van der Waals surface area contributed by atoms with Crippen LogP contribution in [0.5, 0.6) is 0 Å². The molecule has 4 nitrogen and oxygen atoms in total. The monoisotopic (exact) mass is 254 g/mol. The topological polar surface area (TPSA) is 97.4 Å². The minimum absolute atomic E-state index is 0.0289. The summed E-state index contributed by atoms with van der Waals surface area (Å²) in [5, 5.41) is 26.8. The van der Waals surface area contributed by atoms with Gasteiger partial charge in [0.15, 0.2) is 5.57 Å². The molecule has 0 aromatic heterocycles. The molecule has 0 unspecified atom stereocenters. The van der Waals surface area contributed by atoms with E-state index in [0.29, 0.717) is 10.6 Å². The molecule has 0 heterocycles. The van der Waals surface area contributed by atoms with Crippen LogP contribution in [0, 0.1) is 34.0 Å². The van der Waals surface area contributed by atoms with Crippen molar-refractivity contribution in [2.75, 3.05) is 0 Å². The number of allylic oxidation sites excluding steroid dienone is 2. The van der Waals surface area contributed by atoms with Gasteiger partial charge >= 0.3 is 0 Å². The van der Waals surface area contributed by atoms with Crippen molar-refractivity contribution in [3.8, 4) is 18.2 Å². The first-order chi connectivity index (χ1) is 8.63. The third-order valence-corrected chi connectivity index (χ3v) is 2.45. The van der Waals surface area contributed by atoms with Crippen LogP contribution in [0.3, 0.4) is 0 Å². The Hall–Kier alpha value is -2.74. The maximum atomic E-state index is 8.99. The second kappa shape index (κ2) is 6.11. The predicted octanol–water partition coefficient (Wildman–Crippen LogP) is 2.51. The van der Waals surface area contributed by atoms with E-state index in [1.54, 1.807) is 36.4 Å². The van der Waals surface area contributed by atoms with Gasteiger partial charge in [-0.05, 0) is 17.7 Å². The first-order valence-corrected chi connectivity index (χ1v) is 5.18. The normalized spacial score (nSPS) is 9.78. The van der Waals surface area contributed by atoms with Crippen molar-refractivity contribution >= 4 is 17.7 Å². The highest BCUT2D eigenvalue weighted by Crippen LogP contribution is 2.20. The molecular weight excluding hydrogens is 248 g/mol. The van der Waals surface area contributed by atoms with Crippen molar-refractivity contribution in [3.63, 3.8) is 0 Å². The number of hydrogen-bond donors (Lipinski definition) is 1. The number of halogens is 1. The Morgan fingerprint density at radius 2 is 1.72 bits per heavy atom. The summed E-state index contributed by atoms with van der Waals surface area (Å²) >= 11 is 5.94. The fraction of sp³-hybridized carbons (Fsp3) is 0. The summed E-state index contributed by atoms with van der Waals surface area (Å²) in [4.78, 5) is 0. The lowest BCUT2D eigenvalue weighted by Crippen LogP contribution is -2.03. The molecule has 0 spiro atoms. The van der Waals surface area contributed by atoms with Crippen molar-refractivity contribution in [1.29, 1.82) is 15.8 Å². The number of hydrogen-bond acceptors (Lipinski definition) is 4. The quantitative estimate of drug-likeness (QED) is 0.647. The average Bonchev–Trinajstić information content (AvgIpc) is 2.39. The molecule has 0 aliphatic rings. The number of rotatable bonds is 2. The van der Waals surface area contributed by atoms with Crippen LogP contribution in [0.4, 0.5) is 0 Å². The molecule has 0 atom stereocenters. The first-order valence-electron chi connectivity index (χ1n) is 4.80. The van der Waals surface area contributed by atoms with Crippen LogP contribution in [-0.2, 0) is 0 Å². The van der Waals surface area contributed by atoms with Gasteiger partial charge in [0.1, 0.15) is 18.2 Å². The number of nitrogens with zero attached hydrogens (tertiary/aromatic N) is 3. The molecule has 0 aliphatic heterocycles. The molecule has 0 saturated carbocycles. The van der Waals surface area contributed by atoms with Crippen molar-refractivity contribution in [2.24, 2.45) is 5.73 Å². The van der Waals surface area contributed by atoms with Gasteiger partial charge in [0.25, 0.3) is 0 Å². The summed E-state index contributed by atoms with van der Waals surface area (Å²) in [5.74, 6) is 0. The van der Waals surface area contributed by atoms with E-state index in [1.807, 2.05) is 6.07 Å². The van der Waals surface area contributed by atoms with Crippen LogP contribution in [0.1, 0.15) is 5.56 Å². The Labute approximate surface area is 109 Å². The van der Waals surface area contributed by atoms with E-state index in [0.717, 1.165) is 0 Å². The third kappa shape index (κ3) is 2.89. The Bertz CT molecular complexity index is 635. The zero-order valence-electron chi connectivity index (χ0n) is 9.18. The average molecular weight is 255 g/mol. The molecule has 0 aliphatic carbocycles. The third-order valence-electron chi connectivity index (χ3n) is 2.11. The molecule has 0 radical (unpaired) electrons. The van der Waals surface area contributed by atoms with Gasteiger partial charge in [-0.15, -0.1) is 0 Å². The molecule has 18 heavy (non-hydrogen) atoms. The largest absolute Gasteiger partial charge is 0.396 e. The van der Waals surface area contributed by atoms with E-state index >= 15 is 0 Å². The van der Waals surface area contributed by atoms with E-state index in [-0.39, 0.29) is 16.8 Å². The molecule has 0 fully saturated rings. The minimum Gasteiger partial charge on any atom is -0.396 e. The van der Waals surface area contributed by atoms with Crippen molar-refractivity contribution in [3.05, 3.63) is 51.7 Å². The highest BCUT2D eigenvalue weighted by atomic mass is 35.5. The molecule has 0 saturated heterocycles. The Morgan fingerprint density at radius 1 is 1.11 bits per heavy atom. The summed E-state index contributed by atoms with van der Waals surface area (Å²) < 4.78 is 0. The zero-order valence-corrected chi connectivity index (χ0v) is 9.94. The number of nitriles is 3. The van der Waals surface area contributed by atoms with Crippen molar-refractivity contribution < 1.29 is 0 Å². The lowest BCUT2D eigenvalue weighted by molar-refractivity contribution is 1.31. The highest BCUT2D eigenvalue weighted by Gasteiger charge is 2.08. The smallest absolute Gasteiger partial charge is 0.153 e. The summed E-state index contributed by atoms with van der Waals surface area (Å²) in [6.07, 6.45) is 1.44. The van der Waals surface area contributed by atoms with Gasteiger partial charge in [-0.1, -0.05) is 29.8 Å². The van der Waals surface area contributed by atoms with Gasteiger partial charge in [0.05, 0.1) is 11.3 Å². The van der Waals surface area contributed by atoms with Crippen LogP contribution < -0.4 is 5.73 Å². The Balaban J connectivity index is 3.36. The fourth-order valence-electron chi connectivity index (χ4n) is 1.20. The molecule has 0 bridgehead atoms. The van der Waals surface area contributed by atoms with Crippen LogP contribution in [0.25, 0.3) is 6.08 Å². The van der Waals surface area contributed by atoms with Gasteiger partial charge in [-0.25, -0.2) is 0 Å². The van der Waals surface area contributed by atoms with Gasteiger partial charge < -0.3 is 5.73 Å². The molecule has 2 N–H and O–H groups in total. The summed E-state index contributed by atoms with van der Waals surface area (Å²) in [6.45, 7) is 0. The van der Waals surface area contributed by atoms with Crippen LogP contribution in [0.2, 0.25) is 5.02 Å². The van der Waals surface area contributed by atoms with Gasteiger partial charge in [0.2, 0.25) is 0 Å². The predicted molar refractivity (Wildman–Crippen MR) is 67.5 cm³/mol. The highest BCUT2D eigenvalue weighted by molar-refractivity contribution is 6.32. The van der Waals surface area contributed by atoms with E-state index < -0.39 is 0 Å². The molecule has 1 rings (SSSR count). The maximum absolute atomic E-state index is 8.99. The van der Waals surface area contributed by atoms with Crippen LogP contribution in [-0.4, -0.2) is 0 Å².